The number of aliphatic carboxylic acids is 1. The van der Waals surface area contributed by atoms with Crippen molar-refractivity contribution in [1.29, 1.82) is 0 Å². The molecule has 0 aromatic heterocycles. The summed E-state index contributed by atoms with van der Waals surface area (Å²) in [4.78, 5) is 9.00. The second kappa shape index (κ2) is 10.5. The maximum absolute atomic E-state index is 9.00. The van der Waals surface area contributed by atoms with E-state index in [0.29, 0.717) is 0 Å². The summed E-state index contributed by atoms with van der Waals surface area (Å²) in [5, 5.41) is 7.42. The van der Waals surface area contributed by atoms with E-state index in [1.165, 1.54) is 0 Å². The molecule has 0 spiro atoms. The number of carboxylic acids is 1. The number of hydrogen-bond donors (Lipinski definition) is 2. The molecule has 3 nitrogen and oxygen atoms in total. The van der Waals surface area contributed by atoms with Gasteiger partial charge in [0.1, 0.15) is 0 Å². The largest absolute Gasteiger partial charge is 0.481 e. The fourth-order valence-corrected chi connectivity index (χ4v) is 0.453. The summed E-state index contributed by atoms with van der Waals surface area (Å²) in [7, 11) is 0. The molecule has 0 saturated heterocycles. The van der Waals surface area contributed by atoms with Crippen molar-refractivity contribution in [2.75, 3.05) is 5.73 Å². The minimum atomic E-state index is -0.833. The van der Waals surface area contributed by atoms with Gasteiger partial charge in [-0.05, 0) is 12.1 Å². The highest BCUT2D eigenvalue weighted by Gasteiger charge is 1.72. The Hall–Kier alpha value is -1.51. The van der Waals surface area contributed by atoms with E-state index in [2.05, 4.69) is 0 Å². The fraction of sp³-hybridized carbons (Fsp3) is 0.300. The minimum Gasteiger partial charge on any atom is -0.481 e. The van der Waals surface area contributed by atoms with Gasteiger partial charge in [-0.2, -0.15) is 0 Å². The molecule has 0 unspecified atom stereocenters. The molecular formula is C10H17NO2. The molecule has 1 aromatic rings. The van der Waals surface area contributed by atoms with Crippen LogP contribution >= 0.6 is 0 Å². The molecule has 0 fully saturated rings. The molecule has 1 rings (SSSR count). The van der Waals surface area contributed by atoms with Crippen molar-refractivity contribution < 1.29 is 9.90 Å². The maximum atomic E-state index is 9.00. The van der Waals surface area contributed by atoms with Gasteiger partial charge in [0.25, 0.3) is 5.97 Å². The van der Waals surface area contributed by atoms with Crippen LogP contribution in [0.3, 0.4) is 0 Å². The van der Waals surface area contributed by atoms with Gasteiger partial charge in [-0.15, -0.1) is 0 Å². The van der Waals surface area contributed by atoms with Crippen LogP contribution < -0.4 is 5.73 Å². The Bertz CT molecular complexity index is 205. The van der Waals surface area contributed by atoms with Crippen LogP contribution in [0, 0.1) is 0 Å². The number of hydrogen-bond acceptors (Lipinski definition) is 2. The van der Waals surface area contributed by atoms with E-state index in [1.54, 1.807) is 0 Å². The first-order valence-corrected chi connectivity index (χ1v) is 4.13. The van der Waals surface area contributed by atoms with Gasteiger partial charge in [-0.25, -0.2) is 0 Å². The van der Waals surface area contributed by atoms with Crippen molar-refractivity contribution in [3.63, 3.8) is 0 Å². The highest BCUT2D eigenvalue weighted by atomic mass is 16.4. The number of carboxylic acid groups (broad SMARTS) is 1. The SMILES string of the molecule is CC.CC(=O)O.Nc1ccccc1. The molecule has 0 bridgehead atoms. The van der Waals surface area contributed by atoms with E-state index in [4.69, 9.17) is 15.6 Å². The second-order valence-corrected chi connectivity index (χ2v) is 1.93. The summed E-state index contributed by atoms with van der Waals surface area (Å²) >= 11 is 0. The van der Waals surface area contributed by atoms with Gasteiger partial charge in [0.2, 0.25) is 0 Å². The van der Waals surface area contributed by atoms with E-state index in [-0.39, 0.29) is 0 Å². The van der Waals surface area contributed by atoms with E-state index < -0.39 is 5.97 Å². The van der Waals surface area contributed by atoms with Gasteiger partial charge in [0.15, 0.2) is 0 Å². The first-order valence-electron chi connectivity index (χ1n) is 4.13. The number of para-hydroxylation sites is 1. The van der Waals surface area contributed by atoms with Crippen molar-refractivity contribution in [2.24, 2.45) is 0 Å². The maximum Gasteiger partial charge on any atom is 0.300 e. The zero-order valence-corrected chi connectivity index (χ0v) is 8.32. The second-order valence-electron chi connectivity index (χ2n) is 1.93. The zero-order valence-electron chi connectivity index (χ0n) is 8.32. The van der Waals surface area contributed by atoms with E-state index in [1.807, 2.05) is 44.2 Å². The zero-order chi connectivity index (χ0) is 10.7. The van der Waals surface area contributed by atoms with Crippen molar-refractivity contribution in [3.05, 3.63) is 30.3 Å². The Morgan fingerprint density at radius 1 is 1.23 bits per heavy atom. The Morgan fingerprint density at radius 2 is 1.54 bits per heavy atom. The minimum absolute atomic E-state index is 0.822. The van der Waals surface area contributed by atoms with Crippen LogP contribution in [0.15, 0.2) is 30.3 Å². The molecule has 0 heterocycles. The molecule has 74 valence electrons. The number of nitrogen functional groups attached to an aromatic ring is 1. The Labute approximate surface area is 79.2 Å². The lowest BCUT2D eigenvalue weighted by Gasteiger charge is -1.83. The highest BCUT2D eigenvalue weighted by molar-refractivity contribution is 5.62. The molecule has 0 aliphatic rings. The lowest BCUT2D eigenvalue weighted by atomic mass is 10.3. The molecule has 1 aromatic carbocycles. The molecule has 3 N–H and O–H groups in total. The average molecular weight is 183 g/mol. The van der Waals surface area contributed by atoms with Crippen molar-refractivity contribution >= 4 is 11.7 Å². The molecule has 0 radical (unpaired) electrons. The summed E-state index contributed by atoms with van der Waals surface area (Å²) in [5.41, 5.74) is 6.18. The summed E-state index contributed by atoms with van der Waals surface area (Å²) in [6, 6.07) is 9.49. The number of anilines is 1. The summed E-state index contributed by atoms with van der Waals surface area (Å²) in [6.07, 6.45) is 0. The van der Waals surface area contributed by atoms with Crippen LogP contribution in [0.1, 0.15) is 20.8 Å². The average Bonchev–Trinajstić information content (AvgIpc) is 2.08. The van der Waals surface area contributed by atoms with Crippen LogP contribution in [-0.2, 0) is 4.79 Å². The van der Waals surface area contributed by atoms with Crippen LogP contribution in [-0.4, -0.2) is 11.1 Å². The summed E-state index contributed by atoms with van der Waals surface area (Å²) in [5.74, 6) is -0.833. The van der Waals surface area contributed by atoms with Crippen LogP contribution in [0.2, 0.25) is 0 Å². The Balaban J connectivity index is 0. The van der Waals surface area contributed by atoms with Gasteiger partial charge >= 0.3 is 0 Å². The third-order valence-corrected chi connectivity index (χ3v) is 0.800. The lowest BCUT2D eigenvalue weighted by molar-refractivity contribution is -0.134. The van der Waals surface area contributed by atoms with Gasteiger partial charge in [-0.1, -0.05) is 32.0 Å². The van der Waals surface area contributed by atoms with Crippen LogP contribution in [0.5, 0.6) is 0 Å². The van der Waals surface area contributed by atoms with Crippen LogP contribution in [0.4, 0.5) is 5.69 Å². The topological polar surface area (TPSA) is 63.3 Å². The number of rotatable bonds is 0. The summed E-state index contributed by atoms with van der Waals surface area (Å²) < 4.78 is 0. The van der Waals surface area contributed by atoms with Gasteiger partial charge in [0.05, 0.1) is 0 Å². The molecule has 0 saturated carbocycles. The van der Waals surface area contributed by atoms with Crippen molar-refractivity contribution in [2.45, 2.75) is 20.8 Å². The Morgan fingerprint density at radius 3 is 1.69 bits per heavy atom. The normalized spacial score (nSPS) is 7.00. The third-order valence-electron chi connectivity index (χ3n) is 0.800. The van der Waals surface area contributed by atoms with Gasteiger partial charge in [-0.3, -0.25) is 4.79 Å². The summed E-state index contributed by atoms with van der Waals surface area (Å²) in [6.45, 7) is 5.08. The van der Waals surface area contributed by atoms with Gasteiger partial charge < -0.3 is 10.8 Å². The van der Waals surface area contributed by atoms with Crippen molar-refractivity contribution in [1.82, 2.24) is 0 Å². The van der Waals surface area contributed by atoms with Crippen LogP contribution in [0.25, 0.3) is 0 Å². The molecule has 0 amide bonds. The Kier molecular flexibility index (Phi) is 11.3. The van der Waals surface area contributed by atoms with Gasteiger partial charge in [0, 0.05) is 12.6 Å². The molecule has 0 aliphatic carbocycles. The molecule has 0 atom stereocenters. The van der Waals surface area contributed by atoms with E-state index in [0.717, 1.165) is 12.6 Å². The quantitative estimate of drug-likeness (QED) is 0.607. The van der Waals surface area contributed by atoms with E-state index in [9.17, 15) is 0 Å². The molecular weight excluding hydrogens is 166 g/mol. The highest BCUT2D eigenvalue weighted by Crippen LogP contribution is 1.95. The monoisotopic (exact) mass is 183 g/mol. The molecule has 13 heavy (non-hydrogen) atoms. The standard InChI is InChI=1S/C6H7N.C2H4O2.C2H6/c7-6-4-2-1-3-5-6;1-2(3)4;1-2/h1-5H,7H2;1H3,(H,3,4);1-2H3. The predicted molar refractivity (Wildman–Crippen MR) is 55.5 cm³/mol. The third kappa shape index (κ3) is 18.0. The number of carbonyl (C=O) groups is 1. The smallest absolute Gasteiger partial charge is 0.300 e. The predicted octanol–water partition coefficient (Wildman–Crippen LogP) is 2.39. The van der Waals surface area contributed by atoms with Crippen molar-refractivity contribution in [3.8, 4) is 0 Å². The lowest BCUT2D eigenvalue weighted by Crippen LogP contribution is -1.79. The first kappa shape index (κ1) is 14.0. The van der Waals surface area contributed by atoms with E-state index >= 15 is 0 Å². The fourth-order valence-electron chi connectivity index (χ4n) is 0.453. The number of benzene rings is 1. The molecule has 0 aliphatic heterocycles. The first-order chi connectivity index (χ1) is 6.13. The number of nitrogens with two attached hydrogens (primary N) is 1. The molecule has 3 heteroatoms.